The number of alkyl carbamates (subject to hydrolysis) is 2. The van der Waals surface area contributed by atoms with Crippen LogP contribution in [0.2, 0.25) is 0 Å². The van der Waals surface area contributed by atoms with Crippen LogP contribution in [0.1, 0.15) is 78.2 Å². The Balaban J connectivity index is 1.08. The molecule has 3 aromatic carbocycles. The Hall–Kier alpha value is -5.92. The third kappa shape index (κ3) is 8.09. The van der Waals surface area contributed by atoms with Crippen LogP contribution in [0, 0.1) is 23.7 Å². The van der Waals surface area contributed by atoms with E-state index >= 15 is 0 Å². The fourth-order valence-electron chi connectivity index (χ4n) is 8.31. The van der Waals surface area contributed by atoms with E-state index in [-0.39, 0.29) is 47.6 Å². The number of hydrogen-bond donors (Lipinski definition) is 3. The number of ether oxygens (including phenoxy) is 2. The predicted octanol–water partition coefficient (Wildman–Crippen LogP) is 7.62. The predicted molar refractivity (Wildman–Crippen MR) is 219 cm³/mol. The molecule has 6 atom stereocenters. The van der Waals surface area contributed by atoms with Gasteiger partial charge >= 0.3 is 12.2 Å². The maximum atomic E-state index is 13.8. The number of methoxy groups -OCH3 is 2. The first-order valence-corrected chi connectivity index (χ1v) is 20.0. The second-order valence-corrected chi connectivity index (χ2v) is 16.6. The summed E-state index contributed by atoms with van der Waals surface area (Å²) >= 11 is 0. The van der Waals surface area contributed by atoms with E-state index in [0.717, 1.165) is 45.5 Å². The molecular formula is C44H53N7O7. The minimum absolute atomic E-state index is 0.121. The number of hydrogen-bond acceptors (Lipinski definition) is 9. The van der Waals surface area contributed by atoms with Crippen LogP contribution in [0.3, 0.4) is 0 Å². The molecule has 3 N–H and O–H groups in total. The Labute approximate surface area is 338 Å². The maximum Gasteiger partial charge on any atom is 0.407 e. The van der Waals surface area contributed by atoms with Crippen LogP contribution in [0.15, 0.2) is 65.1 Å². The lowest BCUT2D eigenvalue weighted by Crippen LogP contribution is -2.51. The number of imidazole rings is 1. The van der Waals surface area contributed by atoms with Gasteiger partial charge in [0.25, 0.3) is 0 Å². The molecule has 4 amide bonds. The Kier molecular flexibility index (Phi) is 11.5. The molecule has 14 heteroatoms. The molecule has 306 valence electrons. The average Bonchev–Trinajstić information content (AvgIpc) is 4.01. The number of nitrogens with zero attached hydrogens (tertiary/aromatic N) is 4. The molecule has 2 fully saturated rings. The third-order valence-electron chi connectivity index (χ3n) is 11.4. The first-order chi connectivity index (χ1) is 27.7. The first-order valence-electron chi connectivity index (χ1n) is 20.0. The summed E-state index contributed by atoms with van der Waals surface area (Å²) in [6, 6.07) is 18.3. The summed E-state index contributed by atoms with van der Waals surface area (Å²) in [5.74, 6) is 1.12. The molecule has 5 aromatic rings. The summed E-state index contributed by atoms with van der Waals surface area (Å²) < 4.78 is 15.9. The smallest absolute Gasteiger partial charge is 0.407 e. The van der Waals surface area contributed by atoms with Gasteiger partial charge in [-0.1, -0.05) is 77.9 Å². The van der Waals surface area contributed by atoms with Gasteiger partial charge in [-0.15, -0.1) is 0 Å². The summed E-state index contributed by atoms with van der Waals surface area (Å²) in [7, 11) is 2.58. The van der Waals surface area contributed by atoms with Crippen LogP contribution in [0.25, 0.3) is 44.4 Å². The fourth-order valence-corrected chi connectivity index (χ4v) is 8.31. The van der Waals surface area contributed by atoms with E-state index in [4.69, 9.17) is 23.9 Å². The zero-order chi connectivity index (χ0) is 41.4. The molecule has 0 spiro atoms. The van der Waals surface area contributed by atoms with Gasteiger partial charge in [0.2, 0.25) is 17.7 Å². The molecule has 0 aliphatic carbocycles. The van der Waals surface area contributed by atoms with E-state index in [1.165, 1.54) is 14.2 Å². The minimum Gasteiger partial charge on any atom is -0.453 e. The number of H-pyrrole nitrogens is 1. The van der Waals surface area contributed by atoms with Gasteiger partial charge < -0.3 is 39.3 Å². The number of amides is 4. The van der Waals surface area contributed by atoms with Crippen molar-refractivity contribution in [3.8, 4) is 22.3 Å². The molecule has 0 radical (unpaired) electrons. The topological polar surface area (TPSA) is 172 Å². The Bertz CT molecular complexity index is 2150. The number of likely N-dealkylation sites (tertiary alicyclic amines) is 2. The van der Waals surface area contributed by atoms with Crippen molar-refractivity contribution >= 4 is 46.1 Å². The van der Waals surface area contributed by atoms with Crippen molar-refractivity contribution in [1.82, 2.24) is 35.4 Å². The van der Waals surface area contributed by atoms with E-state index < -0.39 is 24.3 Å². The zero-order valence-electron chi connectivity index (χ0n) is 34.4. The highest BCUT2D eigenvalue weighted by Gasteiger charge is 2.42. The van der Waals surface area contributed by atoms with Crippen LogP contribution in [-0.2, 0) is 19.1 Å². The summed E-state index contributed by atoms with van der Waals surface area (Å²) in [5, 5.41) is 5.42. The summed E-state index contributed by atoms with van der Waals surface area (Å²) in [5.41, 5.74) is 7.04. The summed E-state index contributed by atoms with van der Waals surface area (Å²) in [6.45, 7) is 12.9. The molecule has 2 saturated heterocycles. The second-order valence-electron chi connectivity index (χ2n) is 16.6. The molecule has 2 aromatic heterocycles. The number of oxazole rings is 1. The number of carbonyl (C=O) groups excluding carboxylic acids is 4. The SMILES string of the molecule is COC(=O)N[C@H](C(=O)N1C[C@@H](C)CC1c1nc2cc(-c3ccc(-c4ccc5nc(C6C[C@H](C)CN6C(=O)[C@@H](NC(=O)OC)C(C)C)oc5c4)cc3)ccc2[nH]1)C(C)C. The van der Waals surface area contributed by atoms with Gasteiger partial charge in [-0.2, -0.15) is 0 Å². The monoisotopic (exact) mass is 791 g/mol. The molecule has 7 rings (SSSR count). The number of fused-ring (bicyclic) bond motifs is 2. The van der Waals surface area contributed by atoms with Crippen molar-refractivity contribution in [3.63, 3.8) is 0 Å². The number of benzene rings is 3. The van der Waals surface area contributed by atoms with Crippen LogP contribution >= 0.6 is 0 Å². The average molecular weight is 792 g/mol. The third-order valence-corrected chi connectivity index (χ3v) is 11.4. The lowest BCUT2D eigenvalue weighted by atomic mass is 10.00. The van der Waals surface area contributed by atoms with Crippen molar-refractivity contribution in [2.24, 2.45) is 23.7 Å². The van der Waals surface area contributed by atoms with Gasteiger partial charge in [0, 0.05) is 13.1 Å². The van der Waals surface area contributed by atoms with Gasteiger partial charge in [0.05, 0.1) is 31.3 Å². The van der Waals surface area contributed by atoms with Gasteiger partial charge in [0.15, 0.2) is 5.58 Å². The molecule has 58 heavy (non-hydrogen) atoms. The van der Waals surface area contributed by atoms with Crippen LogP contribution in [0.5, 0.6) is 0 Å². The minimum atomic E-state index is -0.733. The van der Waals surface area contributed by atoms with Crippen molar-refractivity contribution in [1.29, 1.82) is 0 Å². The van der Waals surface area contributed by atoms with Crippen molar-refractivity contribution in [2.45, 2.75) is 78.6 Å². The lowest BCUT2D eigenvalue weighted by molar-refractivity contribution is -0.136. The van der Waals surface area contributed by atoms with Crippen LogP contribution in [0.4, 0.5) is 9.59 Å². The van der Waals surface area contributed by atoms with E-state index in [0.29, 0.717) is 36.5 Å². The number of rotatable bonds is 10. The highest BCUT2D eigenvalue weighted by atomic mass is 16.5. The zero-order valence-corrected chi connectivity index (χ0v) is 34.4. The van der Waals surface area contributed by atoms with Crippen LogP contribution in [-0.4, -0.2) is 88.1 Å². The maximum absolute atomic E-state index is 13.8. The van der Waals surface area contributed by atoms with E-state index in [2.05, 4.69) is 65.9 Å². The van der Waals surface area contributed by atoms with Gasteiger partial charge in [-0.3, -0.25) is 9.59 Å². The van der Waals surface area contributed by atoms with Gasteiger partial charge in [0.1, 0.15) is 29.5 Å². The Morgan fingerprint density at radius 1 is 0.690 bits per heavy atom. The number of carbonyl (C=O) groups is 4. The van der Waals surface area contributed by atoms with Gasteiger partial charge in [-0.05, 0) is 83.0 Å². The highest BCUT2D eigenvalue weighted by Crippen LogP contribution is 2.39. The van der Waals surface area contributed by atoms with Crippen LogP contribution < -0.4 is 10.6 Å². The summed E-state index contributed by atoms with van der Waals surface area (Å²) in [4.78, 5) is 68.5. The van der Waals surface area contributed by atoms with E-state index in [1.54, 1.807) is 4.90 Å². The van der Waals surface area contributed by atoms with Gasteiger partial charge in [-0.25, -0.2) is 19.6 Å². The molecule has 14 nitrogen and oxygen atoms in total. The van der Waals surface area contributed by atoms with Crippen molar-refractivity contribution in [2.75, 3.05) is 27.3 Å². The lowest BCUT2D eigenvalue weighted by Gasteiger charge is -2.30. The largest absolute Gasteiger partial charge is 0.453 e. The molecule has 2 unspecified atom stereocenters. The molecule has 0 saturated carbocycles. The molecule has 2 aliphatic heterocycles. The second kappa shape index (κ2) is 16.5. The Morgan fingerprint density at radius 3 is 1.74 bits per heavy atom. The molecule has 4 heterocycles. The normalized spacial score (nSPS) is 20.5. The standard InChI is InChI=1S/C44H53N7O7/c1-23(2)37(48-43(54)56-7)41(52)50-21-25(5)17-34(50)39-45-31-15-13-29(19-33(31)46-39)27-9-11-28(12-10-27)30-14-16-32-36(20-30)58-40(47-32)35-18-26(6)22-51(35)42(53)38(24(3)4)49-44(55)57-8/h9-16,19-20,23-26,34-35,37-38H,17-18,21-22H2,1-8H3,(H,45,46)(H,48,54)(H,49,55)/t25-,26-,34?,35?,37-,38-/m0/s1. The van der Waals surface area contributed by atoms with E-state index in [1.807, 2.05) is 56.9 Å². The van der Waals surface area contributed by atoms with E-state index in [9.17, 15) is 19.2 Å². The number of aromatic nitrogens is 3. The first kappa shape index (κ1) is 40.3. The molecule has 2 aliphatic rings. The molecular weight excluding hydrogens is 739 g/mol. The highest BCUT2D eigenvalue weighted by molar-refractivity contribution is 5.88. The quantitative estimate of drug-likeness (QED) is 0.129. The molecule has 0 bridgehead atoms. The summed E-state index contributed by atoms with van der Waals surface area (Å²) in [6.07, 6.45) is 0.192. The van der Waals surface area contributed by atoms with Crippen molar-refractivity contribution in [3.05, 3.63) is 72.4 Å². The van der Waals surface area contributed by atoms with Crippen molar-refractivity contribution < 1.29 is 33.1 Å². The fraction of sp³-hybridized carbons (Fsp3) is 0.455. The Morgan fingerprint density at radius 2 is 1.19 bits per heavy atom. The number of nitrogens with one attached hydrogen (secondary N) is 3. The number of aromatic amines is 1.